The Bertz CT molecular complexity index is 582. The maximum atomic E-state index is 13.3. The molecule has 2 N–H and O–H groups in total. The fourth-order valence-corrected chi connectivity index (χ4v) is 3.21. The maximum Gasteiger partial charge on any atom is 0.125 e. The minimum atomic E-state index is -0.217. The third kappa shape index (κ3) is 1.56. The number of nitrogens with two attached hydrogens (primary N) is 1. The van der Waals surface area contributed by atoms with Gasteiger partial charge in [-0.25, -0.2) is 9.37 Å². The van der Waals surface area contributed by atoms with Gasteiger partial charge in [0.1, 0.15) is 11.6 Å². The molecule has 3 nitrogen and oxygen atoms in total. The number of hydrogen-bond acceptors (Lipinski definition) is 2. The molecular formula is C14H18FN3. The van der Waals surface area contributed by atoms with Crippen LogP contribution in [-0.2, 0) is 12.5 Å². The summed E-state index contributed by atoms with van der Waals surface area (Å²) in [5.41, 5.74) is 7.69. The van der Waals surface area contributed by atoms with Gasteiger partial charge in [-0.3, -0.25) is 0 Å². The molecule has 1 aromatic carbocycles. The quantitative estimate of drug-likeness (QED) is 0.886. The largest absolute Gasteiger partial charge is 0.331 e. The second-order valence-corrected chi connectivity index (χ2v) is 5.32. The Labute approximate surface area is 106 Å². The molecule has 1 fully saturated rings. The lowest BCUT2D eigenvalue weighted by molar-refractivity contribution is 0.414. The van der Waals surface area contributed by atoms with Crippen LogP contribution in [0.4, 0.5) is 4.39 Å². The van der Waals surface area contributed by atoms with E-state index >= 15 is 0 Å². The molecule has 0 bridgehead atoms. The Hall–Kier alpha value is -1.42. The van der Waals surface area contributed by atoms with Crippen molar-refractivity contribution < 1.29 is 4.39 Å². The van der Waals surface area contributed by atoms with Crippen LogP contribution in [0, 0.1) is 5.82 Å². The monoisotopic (exact) mass is 247 g/mol. The SMILES string of the molecule is Cn1c(C2(CN)CCCC2)nc2ccc(F)cc21. The first kappa shape index (κ1) is 11.7. The molecule has 0 radical (unpaired) electrons. The average molecular weight is 247 g/mol. The molecule has 4 heteroatoms. The van der Waals surface area contributed by atoms with Crippen molar-refractivity contribution in [2.45, 2.75) is 31.1 Å². The highest BCUT2D eigenvalue weighted by Gasteiger charge is 2.38. The van der Waals surface area contributed by atoms with Gasteiger partial charge >= 0.3 is 0 Å². The van der Waals surface area contributed by atoms with E-state index in [9.17, 15) is 4.39 Å². The standard InChI is InChI=1S/C14H18FN3/c1-18-12-8-10(15)4-5-11(12)17-13(18)14(9-16)6-2-3-7-14/h4-5,8H,2-3,6-7,9,16H2,1H3. The van der Waals surface area contributed by atoms with Crippen LogP contribution >= 0.6 is 0 Å². The van der Waals surface area contributed by atoms with E-state index in [0.717, 1.165) is 29.7 Å². The molecule has 2 aromatic rings. The molecule has 0 unspecified atom stereocenters. The van der Waals surface area contributed by atoms with Gasteiger partial charge in [-0.05, 0) is 31.0 Å². The number of imidazole rings is 1. The van der Waals surface area contributed by atoms with E-state index < -0.39 is 0 Å². The van der Waals surface area contributed by atoms with Gasteiger partial charge < -0.3 is 10.3 Å². The molecule has 0 saturated heterocycles. The van der Waals surface area contributed by atoms with Crippen molar-refractivity contribution in [2.75, 3.05) is 6.54 Å². The van der Waals surface area contributed by atoms with Crippen LogP contribution in [-0.4, -0.2) is 16.1 Å². The smallest absolute Gasteiger partial charge is 0.125 e. The zero-order valence-electron chi connectivity index (χ0n) is 10.6. The lowest BCUT2D eigenvalue weighted by Gasteiger charge is -2.26. The highest BCUT2D eigenvalue weighted by atomic mass is 19.1. The van der Waals surface area contributed by atoms with Crippen molar-refractivity contribution in [2.24, 2.45) is 12.8 Å². The summed E-state index contributed by atoms with van der Waals surface area (Å²) in [6.45, 7) is 0.618. The van der Waals surface area contributed by atoms with Crippen molar-refractivity contribution in [3.63, 3.8) is 0 Å². The Morgan fingerprint density at radius 2 is 2.11 bits per heavy atom. The van der Waals surface area contributed by atoms with Crippen LogP contribution in [0.15, 0.2) is 18.2 Å². The normalized spacial score (nSPS) is 18.6. The number of aromatic nitrogens is 2. The predicted octanol–water partition coefficient (Wildman–Crippen LogP) is 2.48. The van der Waals surface area contributed by atoms with Crippen LogP contribution in [0.1, 0.15) is 31.5 Å². The summed E-state index contributed by atoms with van der Waals surface area (Å²) in [6.07, 6.45) is 4.58. The van der Waals surface area contributed by atoms with E-state index in [1.807, 2.05) is 11.6 Å². The minimum Gasteiger partial charge on any atom is -0.331 e. The predicted molar refractivity (Wildman–Crippen MR) is 69.9 cm³/mol. The Balaban J connectivity index is 2.20. The third-order valence-electron chi connectivity index (χ3n) is 4.27. The first-order valence-electron chi connectivity index (χ1n) is 6.49. The highest BCUT2D eigenvalue weighted by molar-refractivity contribution is 5.76. The fourth-order valence-electron chi connectivity index (χ4n) is 3.21. The number of rotatable bonds is 2. The van der Waals surface area contributed by atoms with Crippen LogP contribution in [0.25, 0.3) is 11.0 Å². The first-order valence-corrected chi connectivity index (χ1v) is 6.49. The lowest BCUT2D eigenvalue weighted by atomic mass is 9.85. The molecule has 96 valence electrons. The van der Waals surface area contributed by atoms with Crippen molar-refractivity contribution in [1.82, 2.24) is 9.55 Å². The summed E-state index contributed by atoms with van der Waals surface area (Å²) in [4.78, 5) is 4.69. The summed E-state index contributed by atoms with van der Waals surface area (Å²) in [7, 11) is 1.96. The summed E-state index contributed by atoms with van der Waals surface area (Å²) in [5.74, 6) is 0.799. The third-order valence-corrected chi connectivity index (χ3v) is 4.27. The minimum absolute atomic E-state index is 0.00968. The molecule has 1 aliphatic rings. The number of halogens is 1. The van der Waals surface area contributed by atoms with Crippen molar-refractivity contribution in [1.29, 1.82) is 0 Å². The van der Waals surface area contributed by atoms with E-state index in [2.05, 4.69) is 0 Å². The van der Waals surface area contributed by atoms with Gasteiger partial charge in [0, 0.05) is 19.0 Å². The van der Waals surface area contributed by atoms with E-state index in [1.54, 1.807) is 12.1 Å². The molecule has 3 rings (SSSR count). The van der Waals surface area contributed by atoms with Crippen molar-refractivity contribution >= 4 is 11.0 Å². The van der Waals surface area contributed by atoms with Gasteiger partial charge in [-0.2, -0.15) is 0 Å². The van der Waals surface area contributed by atoms with Crippen LogP contribution in [0.3, 0.4) is 0 Å². The second-order valence-electron chi connectivity index (χ2n) is 5.32. The summed E-state index contributed by atoms with van der Waals surface area (Å²) in [5, 5.41) is 0. The van der Waals surface area contributed by atoms with Gasteiger partial charge in [0.25, 0.3) is 0 Å². The molecule has 1 saturated carbocycles. The zero-order valence-corrected chi connectivity index (χ0v) is 10.6. The number of hydrogen-bond donors (Lipinski definition) is 1. The van der Waals surface area contributed by atoms with E-state index in [-0.39, 0.29) is 11.2 Å². The van der Waals surface area contributed by atoms with Gasteiger partial charge in [-0.1, -0.05) is 12.8 Å². The Morgan fingerprint density at radius 3 is 2.78 bits per heavy atom. The van der Waals surface area contributed by atoms with Crippen molar-refractivity contribution in [3.8, 4) is 0 Å². The van der Waals surface area contributed by atoms with Gasteiger partial charge in [-0.15, -0.1) is 0 Å². The van der Waals surface area contributed by atoms with E-state index in [0.29, 0.717) is 6.54 Å². The molecule has 1 aromatic heterocycles. The van der Waals surface area contributed by atoms with E-state index in [1.165, 1.54) is 18.9 Å². The molecular weight excluding hydrogens is 229 g/mol. The fraction of sp³-hybridized carbons (Fsp3) is 0.500. The second kappa shape index (κ2) is 4.05. The van der Waals surface area contributed by atoms with Crippen LogP contribution in [0.5, 0.6) is 0 Å². The molecule has 0 spiro atoms. The van der Waals surface area contributed by atoms with Crippen LogP contribution < -0.4 is 5.73 Å². The number of fused-ring (bicyclic) bond motifs is 1. The van der Waals surface area contributed by atoms with Crippen LogP contribution in [0.2, 0.25) is 0 Å². The van der Waals surface area contributed by atoms with E-state index in [4.69, 9.17) is 10.7 Å². The number of benzene rings is 1. The molecule has 1 heterocycles. The lowest BCUT2D eigenvalue weighted by Crippen LogP contribution is -2.34. The number of aryl methyl sites for hydroxylation is 1. The molecule has 0 atom stereocenters. The first-order chi connectivity index (χ1) is 8.66. The van der Waals surface area contributed by atoms with Gasteiger partial charge in [0.2, 0.25) is 0 Å². The van der Waals surface area contributed by atoms with Gasteiger partial charge in [0.15, 0.2) is 0 Å². The molecule has 18 heavy (non-hydrogen) atoms. The van der Waals surface area contributed by atoms with Crippen molar-refractivity contribution in [3.05, 3.63) is 29.8 Å². The number of nitrogens with zero attached hydrogens (tertiary/aromatic N) is 2. The summed E-state index contributed by atoms with van der Waals surface area (Å²) < 4.78 is 15.3. The molecule has 0 aliphatic heterocycles. The molecule has 0 amide bonds. The average Bonchev–Trinajstić information content (AvgIpc) is 2.96. The van der Waals surface area contributed by atoms with Gasteiger partial charge in [0.05, 0.1) is 11.0 Å². The summed E-state index contributed by atoms with van der Waals surface area (Å²) in [6, 6.07) is 4.75. The highest BCUT2D eigenvalue weighted by Crippen LogP contribution is 2.40. The zero-order chi connectivity index (χ0) is 12.8. The maximum absolute atomic E-state index is 13.3. The molecule has 1 aliphatic carbocycles. The topological polar surface area (TPSA) is 43.8 Å². The Morgan fingerprint density at radius 1 is 1.39 bits per heavy atom. The summed E-state index contributed by atoms with van der Waals surface area (Å²) >= 11 is 0. The Kier molecular flexibility index (Phi) is 2.63.